The van der Waals surface area contributed by atoms with Crippen molar-refractivity contribution in [3.8, 4) is 5.75 Å². The Morgan fingerprint density at radius 3 is 2.57 bits per heavy atom. The third kappa shape index (κ3) is 4.75. The van der Waals surface area contributed by atoms with E-state index in [1.54, 1.807) is 6.92 Å². The maximum atomic E-state index is 11.7. The second kappa shape index (κ2) is 7.22. The van der Waals surface area contributed by atoms with Gasteiger partial charge in [-0.3, -0.25) is 14.9 Å². The van der Waals surface area contributed by atoms with Gasteiger partial charge in [0.2, 0.25) is 5.91 Å². The predicted octanol–water partition coefficient (Wildman–Crippen LogP) is 0.163. The number of rotatable bonds is 7. The zero-order valence-electron chi connectivity index (χ0n) is 11.3. The molecule has 0 aliphatic carbocycles. The van der Waals surface area contributed by atoms with Crippen LogP contribution in [0.1, 0.15) is 26.2 Å². The van der Waals surface area contributed by atoms with Crippen molar-refractivity contribution in [3.63, 3.8) is 0 Å². The molecule has 8 heteroatoms. The van der Waals surface area contributed by atoms with Crippen LogP contribution in [-0.4, -0.2) is 16.8 Å². The molecule has 1 atom stereocenters. The summed E-state index contributed by atoms with van der Waals surface area (Å²) in [6.07, 6.45) is 0.293. The largest absolute Gasteiger partial charge is 0.871 e. The first-order valence-electron chi connectivity index (χ1n) is 6.31. The van der Waals surface area contributed by atoms with Crippen LogP contribution in [0.5, 0.6) is 5.75 Å². The Labute approximate surface area is 120 Å². The molecule has 0 saturated carbocycles. The Balaban J connectivity index is 2.68. The number of nitrogens with zero attached hydrogens (tertiary/aromatic N) is 1. The molecule has 1 N–H and O–H groups in total. The Bertz CT molecular complexity index is 558. The highest BCUT2D eigenvalue weighted by Gasteiger charge is 2.12. The van der Waals surface area contributed by atoms with Crippen LogP contribution >= 0.6 is 0 Å². The van der Waals surface area contributed by atoms with Gasteiger partial charge in [-0.25, -0.2) is 0 Å². The van der Waals surface area contributed by atoms with Gasteiger partial charge < -0.3 is 20.3 Å². The number of nitrogens with one attached hydrogen (secondary N) is 1. The minimum atomic E-state index is -1.23. The summed E-state index contributed by atoms with van der Waals surface area (Å²) in [5.41, 5.74) is -0.512. The van der Waals surface area contributed by atoms with Crippen LogP contribution in [0.3, 0.4) is 0 Å². The summed E-state index contributed by atoms with van der Waals surface area (Å²) < 4.78 is 0. The van der Waals surface area contributed by atoms with Crippen LogP contribution < -0.4 is 15.5 Å². The van der Waals surface area contributed by atoms with E-state index in [0.717, 1.165) is 18.2 Å². The molecule has 1 amide bonds. The van der Waals surface area contributed by atoms with E-state index in [1.165, 1.54) is 0 Å². The summed E-state index contributed by atoms with van der Waals surface area (Å²) in [6, 6.07) is 3.00. The zero-order chi connectivity index (χ0) is 16.0. The molecular formula is C13H14N2O6-2. The van der Waals surface area contributed by atoms with Crippen molar-refractivity contribution in [2.75, 3.05) is 5.32 Å². The third-order valence-electron chi connectivity index (χ3n) is 2.99. The molecule has 0 unspecified atom stereocenters. The maximum absolute atomic E-state index is 11.7. The molecule has 8 nitrogen and oxygen atoms in total. The van der Waals surface area contributed by atoms with Gasteiger partial charge in [-0.1, -0.05) is 18.7 Å². The van der Waals surface area contributed by atoms with Gasteiger partial charge in [0.15, 0.2) is 0 Å². The number of benzene rings is 1. The summed E-state index contributed by atoms with van der Waals surface area (Å²) in [4.78, 5) is 32.3. The number of carbonyl (C=O) groups is 2. The molecule has 114 valence electrons. The number of anilines is 1. The maximum Gasteiger partial charge on any atom is 0.271 e. The van der Waals surface area contributed by atoms with Crippen molar-refractivity contribution in [3.05, 3.63) is 28.3 Å². The number of carboxylic acids is 1. The highest BCUT2D eigenvalue weighted by atomic mass is 16.6. The molecule has 0 heterocycles. The molecule has 1 aromatic rings. The van der Waals surface area contributed by atoms with Crippen molar-refractivity contribution < 1.29 is 24.7 Å². The molecule has 0 spiro atoms. The van der Waals surface area contributed by atoms with E-state index in [2.05, 4.69) is 5.32 Å². The minimum absolute atomic E-state index is 0.0772. The number of amides is 1. The first-order chi connectivity index (χ1) is 9.85. The number of non-ortho nitro benzene ring substituents is 1. The molecular weight excluding hydrogens is 280 g/mol. The van der Waals surface area contributed by atoms with Crippen LogP contribution in [0.2, 0.25) is 0 Å². The number of carboxylic acid groups (broad SMARTS) is 1. The number of hydrogen-bond donors (Lipinski definition) is 1. The summed E-state index contributed by atoms with van der Waals surface area (Å²) >= 11 is 0. The van der Waals surface area contributed by atoms with Crippen LogP contribution in [0.4, 0.5) is 11.4 Å². The number of nitro groups is 1. The highest BCUT2D eigenvalue weighted by molar-refractivity contribution is 5.92. The fourth-order valence-corrected chi connectivity index (χ4v) is 1.74. The second-order valence-electron chi connectivity index (χ2n) is 4.45. The SMILES string of the molecule is CC[C@@H](CCC(=O)Nc1cc([N+](=O)[O-])ccc1[O-])C(=O)[O-]. The summed E-state index contributed by atoms with van der Waals surface area (Å²) in [5.74, 6) is -3.11. The van der Waals surface area contributed by atoms with E-state index in [9.17, 15) is 29.9 Å². The van der Waals surface area contributed by atoms with Crippen LogP contribution in [-0.2, 0) is 9.59 Å². The molecule has 0 bridgehead atoms. The van der Waals surface area contributed by atoms with Crippen LogP contribution in [0.25, 0.3) is 0 Å². The third-order valence-corrected chi connectivity index (χ3v) is 2.99. The molecule has 0 saturated heterocycles. The molecule has 0 aliphatic heterocycles. The quantitative estimate of drug-likeness (QED) is 0.562. The standard InChI is InChI=1S/C13H16N2O6/c1-2-8(13(18)19)3-6-12(17)14-10-7-9(15(20)21)4-5-11(10)16/h4-5,7-8,16H,2-3,6H2,1H3,(H,14,17)(H,18,19)/p-2/t8-/m0/s1. The molecule has 0 aromatic heterocycles. The normalized spacial score (nSPS) is 11.7. The van der Waals surface area contributed by atoms with E-state index < -0.39 is 28.5 Å². The van der Waals surface area contributed by atoms with E-state index in [-0.39, 0.29) is 24.2 Å². The number of carbonyl (C=O) groups excluding carboxylic acids is 2. The lowest BCUT2D eigenvalue weighted by molar-refractivity contribution is -0.385. The monoisotopic (exact) mass is 294 g/mol. The van der Waals surface area contributed by atoms with E-state index in [4.69, 9.17) is 0 Å². The number of aliphatic carboxylic acids is 1. The number of hydrogen-bond acceptors (Lipinski definition) is 6. The molecule has 0 aliphatic rings. The van der Waals surface area contributed by atoms with Gasteiger partial charge in [0, 0.05) is 30.2 Å². The van der Waals surface area contributed by atoms with Crippen LogP contribution in [0.15, 0.2) is 18.2 Å². The van der Waals surface area contributed by atoms with Crippen molar-refractivity contribution in [1.82, 2.24) is 0 Å². The molecule has 21 heavy (non-hydrogen) atoms. The van der Waals surface area contributed by atoms with Gasteiger partial charge in [-0.05, 0) is 18.8 Å². The van der Waals surface area contributed by atoms with Crippen molar-refractivity contribution in [2.45, 2.75) is 26.2 Å². The van der Waals surface area contributed by atoms with Gasteiger partial charge in [0.1, 0.15) is 0 Å². The molecule has 1 aromatic carbocycles. The van der Waals surface area contributed by atoms with Gasteiger partial charge >= 0.3 is 0 Å². The average molecular weight is 294 g/mol. The van der Waals surface area contributed by atoms with Crippen molar-refractivity contribution in [1.29, 1.82) is 0 Å². The molecule has 0 fully saturated rings. The van der Waals surface area contributed by atoms with Crippen LogP contribution in [0, 0.1) is 16.0 Å². The predicted molar refractivity (Wildman–Crippen MR) is 69.2 cm³/mol. The van der Waals surface area contributed by atoms with Gasteiger partial charge in [0.25, 0.3) is 5.69 Å². The summed E-state index contributed by atoms with van der Waals surface area (Å²) in [7, 11) is 0. The first-order valence-corrected chi connectivity index (χ1v) is 6.31. The summed E-state index contributed by atoms with van der Waals surface area (Å²) in [5, 5.41) is 35.1. The fourth-order valence-electron chi connectivity index (χ4n) is 1.74. The average Bonchev–Trinajstić information content (AvgIpc) is 2.41. The van der Waals surface area contributed by atoms with E-state index >= 15 is 0 Å². The fraction of sp³-hybridized carbons (Fsp3) is 0.385. The Kier molecular flexibility index (Phi) is 5.65. The minimum Gasteiger partial charge on any atom is -0.871 e. The van der Waals surface area contributed by atoms with Crippen molar-refractivity contribution in [2.24, 2.45) is 5.92 Å². The van der Waals surface area contributed by atoms with Gasteiger partial charge in [-0.15, -0.1) is 0 Å². The first kappa shape index (κ1) is 16.4. The Morgan fingerprint density at radius 2 is 2.05 bits per heavy atom. The second-order valence-corrected chi connectivity index (χ2v) is 4.45. The van der Waals surface area contributed by atoms with E-state index in [0.29, 0.717) is 6.42 Å². The Hall–Kier alpha value is -2.64. The van der Waals surface area contributed by atoms with Gasteiger partial charge in [0.05, 0.1) is 4.92 Å². The molecule has 1 rings (SSSR count). The lowest BCUT2D eigenvalue weighted by Gasteiger charge is -2.17. The zero-order valence-corrected chi connectivity index (χ0v) is 11.3. The lowest BCUT2D eigenvalue weighted by Crippen LogP contribution is -2.31. The summed E-state index contributed by atoms with van der Waals surface area (Å²) in [6.45, 7) is 1.66. The Morgan fingerprint density at radius 1 is 1.38 bits per heavy atom. The smallest absolute Gasteiger partial charge is 0.271 e. The lowest BCUT2D eigenvalue weighted by atomic mass is 10.0. The topological polar surface area (TPSA) is 135 Å². The number of nitro benzene ring substituents is 1. The van der Waals surface area contributed by atoms with E-state index in [1.807, 2.05) is 0 Å². The molecule has 0 radical (unpaired) electrons. The van der Waals surface area contributed by atoms with Crippen molar-refractivity contribution >= 4 is 23.3 Å². The highest BCUT2D eigenvalue weighted by Crippen LogP contribution is 2.26. The van der Waals surface area contributed by atoms with Gasteiger partial charge in [-0.2, -0.15) is 0 Å².